The molecule has 0 atom stereocenters. The van der Waals surface area contributed by atoms with Crippen molar-refractivity contribution in [2.75, 3.05) is 5.73 Å². The average molecular weight is 234 g/mol. The predicted molar refractivity (Wildman–Crippen MR) is 60.8 cm³/mol. The van der Waals surface area contributed by atoms with Crippen LogP contribution in [-0.4, -0.2) is 14.5 Å². The highest BCUT2D eigenvalue weighted by Crippen LogP contribution is 2.29. The van der Waals surface area contributed by atoms with E-state index < -0.39 is 4.92 Å². The molecule has 0 aliphatic heterocycles. The van der Waals surface area contributed by atoms with Crippen molar-refractivity contribution >= 4 is 11.5 Å². The normalized spacial score (nSPS) is 10.2. The van der Waals surface area contributed by atoms with E-state index in [1.165, 1.54) is 10.9 Å². The number of nitrogen functional groups attached to an aromatic ring is 1. The summed E-state index contributed by atoms with van der Waals surface area (Å²) in [6.45, 7) is 0. The van der Waals surface area contributed by atoms with E-state index in [9.17, 15) is 10.1 Å². The molecular weight excluding hydrogens is 224 g/mol. The lowest BCUT2D eigenvalue weighted by molar-refractivity contribution is -0.390. The molecule has 1 aromatic carbocycles. The zero-order valence-corrected chi connectivity index (χ0v) is 9.03. The van der Waals surface area contributed by atoms with Gasteiger partial charge in [0.2, 0.25) is 6.33 Å². The summed E-state index contributed by atoms with van der Waals surface area (Å²) >= 11 is 0. The number of hydrogen-bond donors (Lipinski definition) is 1. The first-order valence-electron chi connectivity index (χ1n) is 4.77. The number of benzene rings is 1. The van der Waals surface area contributed by atoms with Gasteiger partial charge in [0, 0.05) is 18.8 Å². The van der Waals surface area contributed by atoms with Gasteiger partial charge in [-0.3, -0.25) is 4.57 Å². The Morgan fingerprint density at radius 1 is 1.53 bits per heavy atom. The van der Waals surface area contributed by atoms with Crippen molar-refractivity contribution in [3.8, 4) is 11.6 Å². The molecule has 1 aromatic heterocycles. The third-order valence-corrected chi connectivity index (χ3v) is 2.11. The second-order valence-electron chi connectivity index (χ2n) is 3.42. The van der Waals surface area contributed by atoms with Crippen LogP contribution in [0.2, 0.25) is 0 Å². The van der Waals surface area contributed by atoms with Crippen LogP contribution in [0.5, 0.6) is 11.6 Å². The van der Waals surface area contributed by atoms with Crippen molar-refractivity contribution in [3.05, 3.63) is 40.7 Å². The predicted octanol–water partition coefficient (Wildman–Crippen LogP) is 1.70. The molecule has 0 saturated carbocycles. The number of rotatable bonds is 3. The van der Waals surface area contributed by atoms with E-state index in [1.807, 2.05) is 0 Å². The Bertz CT molecular complexity index is 564. The van der Waals surface area contributed by atoms with Crippen molar-refractivity contribution < 1.29 is 9.66 Å². The molecule has 2 aromatic rings. The fourth-order valence-corrected chi connectivity index (χ4v) is 1.34. The first-order valence-corrected chi connectivity index (χ1v) is 4.77. The highest BCUT2D eigenvalue weighted by Gasteiger charge is 2.22. The first-order chi connectivity index (χ1) is 8.08. The van der Waals surface area contributed by atoms with E-state index in [1.54, 1.807) is 31.3 Å². The quantitative estimate of drug-likeness (QED) is 0.495. The lowest BCUT2D eigenvalue weighted by Gasteiger charge is -2.05. The second-order valence-corrected chi connectivity index (χ2v) is 3.42. The topological polar surface area (TPSA) is 96.2 Å². The molecule has 2 N–H and O–H groups in total. The Kier molecular flexibility index (Phi) is 2.65. The van der Waals surface area contributed by atoms with E-state index in [4.69, 9.17) is 10.5 Å². The average Bonchev–Trinajstić information content (AvgIpc) is 2.61. The summed E-state index contributed by atoms with van der Waals surface area (Å²) < 4.78 is 6.83. The number of nitrogens with two attached hydrogens (primary N) is 1. The summed E-state index contributed by atoms with van der Waals surface area (Å²) in [5.74, 6) is 0.173. The van der Waals surface area contributed by atoms with Gasteiger partial charge < -0.3 is 20.6 Å². The molecule has 1 heterocycles. The zero-order chi connectivity index (χ0) is 12.4. The molecule has 0 saturated heterocycles. The molecule has 0 aliphatic rings. The van der Waals surface area contributed by atoms with E-state index in [0.29, 0.717) is 11.4 Å². The molecular formula is C10H10N4O3. The van der Waals surface area contributed by atoms with Crippen LogP contribution >= 0.6 is 0 Å². The smallest absolute Gasteiger partial charge is 0.427 e. The maximum absolute atomic E-state index is 10.7. The van der Waals surface area contributed by atoms with Crippen molar-refractivity contribution in [2.45, 2.75) is 0 Å². The molecule has 0 unspecified atom stereocenters. The highest BCUT2D eigenvalue weighted by atomic mass is 16.6. The van der Waals surface area contributed by atoms with Crippen LogP contribution in [0.15, 0.2) is 30.6 Å². The number of hydrogen-bond acceptors (Lipinski definition) is 5. The van der Waals surface area contributed by atoms with Crippen LogP contribution in [0.1, 0.15) is 0 Å². The number of anilines is 1. The van der Waals surface area contributed by atoms with Crippen LogP contribution < -0.4 is 10.5 Å². The fraction of sp³-hybridized carbons (Fsp3) is 0.100. The Labute approximate surface area is 96.6 Å². The van der Waals surface area contributed by atoms with Gasteiger partial charge in [0.25, 0.3) is 0 Å². The third-order valence-electron chi connectivity index (χ3n) is 2.11. The Hall–Kier alpha value is -2.57. The number of nitro groups is 1. The van der Waals surface area contributed by atoms with Crippen LogP contribution in [0.4, 0.5) is 11.5 Å². The largest absolute Gasteiger partial charge is 0.434 e. The van der Waals surface area contributed by atoms with Gasteiger partial charge in [0.15, 0.2) is 0 Å². The monoisotopic (exact) mass is 234 g/mol. The van der Waals surface area contributed by atoms with Crippen molar-refractivity contribution in [2.24, 2.45) is 7.05 Å². The third kappa shape index (κ3) is 2.17. The summed E-state index contributed by atoms with van der Waals surface area (Å²) in [6, 6.07) is 6.64. The van der Waals surface area contributed by atoms with Crippen LogP contribution in [-0.2, 0) is 7.05 Å². The van der Waals surface area contributed by atoms with Gasteiger partial charge in [-0.15, -0.1) is 0 Å². The molecule has 0 fully saturated rings. The Balaban J connectivity index is 2.36. The van der Waals surface area contributed by atoms with Gasteiger partial charge >= 0.3 is 11.7 Å². The first kappa shape index (κ1) is 10.9. The Morgan fingerprint density at radius 3 is 2.94 bits per heavy atom. The molecule has 2 rings (SSSR count). The van der Waals surface area contributed by atoms with Gasteiger partial charge in [-0.1, -0.05) is 6.07 Å². The summed E-state index contributed by atoms with van der Waals surface area (Å²) in [7, 11) is 1.61. The molecule has 7 heteroatoms. The van der Waals surface area contributed by atoms with Crippen molar-refractivity contribution in [3.63, 3.8) is 0 Å². The second kappa shape index (κ2) is 4.12. The molecule has 0 spiro atoms. The SMILES string of the molecule is Cn1cnc([N+](=O)[O-])c1Oc1cccc(N)c1. The number of aromatic nitrogens is 2. The molecule has 0 aliphatic carbocycles. The molecule has 0 bridgehead atoms. The fourth-order valence-electron chi connectivity index (χ4n) is 1.34. The van der Waals surface area contributed by atoms with Gasteiger partial charge in [0.05, 0.1) is 0 Å². The number of aryl methyl sites for hydroxylation is 1. The van der Waals surface area contributed by atoms with Crippen LogP contribution in [0.25, 0.3) is 0 Å². The molecule has 17 heavy (non-hydrogen) atoms. The maximum Gasteiger partial charge on any atom is 0.427 e. The lowest BCUT2D eigenvalue weighted by atomic mass is 10.3. The van der Waals surface area contributed by atoms with Gasteiger partial charge in [-0.25, -0.2) is 0 Å². The van der Waals surface area contributed by atoms with Crippen molar-refractivity contribution in [1.29, 1.82) is 0 Å². The number of nitrogens with zero attached hydrogens (tertiary/aromatic N) is 3. The molecule has 7 nitrogen and oxygen atoms in total. The van der Waals surface area contributed by atoms with Crippen LogP contribution in [0.3, 0.4) is 0 Å². The summed E-state index contributed by atoms with van der Waals surface area (Å²) in [5, 5.41) is 10.7. The van der Waals surface area contributed by atoms with Gasteiger partial charge in [0.1, 0.15) is 5.75 Å². The minimum atomic E-state index is -0.596. The Morgan fingerprint density at radius 2 is 2.29 bits per heavy atom. The van der Waals surface area contributed by atoms with Crippen LogP contribution in [0, 0.1) is 10.1 Å². The molecule has 0 amide bonds. The summed E-state index contributed by atoms with van der Waals surface area (Å²) in [4.78, 5) is 13.8. The molecule has 0 radical (unpaired) electrons. The number of ether oxygens (including phenoxy) is 1. The lowest BCUT2D eigenvalue weighted by Crippen LogP contribution is -1.96. The van der Waals surface area contributed by atoms with E-state index >= 15 is 0 Å². The zero-order valence-electron chi connectivity index (χ0n) is 9.03. The standard InChI is InChI=1S/C10H10N4O3/c1-13-6-12-9(14(15)16)10(13)17-8-4-2-3-7(11)5-8/h2-6H,11H2,1H3. The van der Waals surface area contributed by atoms with Crippen molar-refractivity contribution in [1.82, 2.24) is 9.55 Å². The van der Waals surface area contributed by atoms with E-state index in [-0.39, 0.29) is 11.7 Å². The summed E-state index contributed by atoms with van der Waals surface area (Å²) in [6.07, 6.45) is 1.32. The van der Waals surface area contributed by atoms with E-state index in [2.05, 4.69) is 4.98 Å². The van der Waals surface area contributed by atoms with E-state index in [0.717, 1.165) is 0 Å². The minimum Gasteiger partial charge on any atom is -0.434 e. The summed E-state index contributed by atoms with van der Waals surface area (Å²) in [5.41, 5.74) is 6.11. The minimum absolute atomic E-state index is 0.0700. The maximum atomic E-state index is 10.7. The molecule has 88 valence electrons. The van der Waals surface area contributed by atoms with Gasteiger partial charge in [-0.05, 0) is 22.0 Å². The highest BCUT2D eigenvalue weighted by molar-refractivity contribution is 5.46. The van der Waals surface area contributed by atoms with Gasteiger partial charge in [-0.2, -0.15) is 0 Å². The number of imidazole rings is 1.